The van der Waals surface area contributed by atoms with Crippen molar-refractivity contribution in [3.05, 3.63) is 65.5 Å². The molecular formula is C31H43NO4. The van der Waals surface area contributed by atoms with Crippen LogP contribution in [-0.4, -0.2) is 38.6 Å². The number of aromatic nitrogens is 1. The first-order valence-electron chi connectivity index (χ1n) is 13.9. The van der Waals surface area contributed by atoms with Gasteiger partial charge in [0.2, 0.25) is 5.89 Å². The van der Waals surface area contributed by atoms with Crippen molar-refractivity contribution in [2.45, 2.75) is 102 Å². The molecule has 7 atom stereocenters. The van der Waals surface area contributed by atoms with E-state index >= 15 is 0 Å². The molecule has 196 valence electrons. The molecule has 4 aliphatic carbocycles. The molecule has 0 aliphatic heterocycles. The van der Waals surface area contributed by atoms with Crippen molar-refractivity contribution < 1.29 is 19.7 Å². The second-order valence-electron chi connectivity index (χ2n) is 12.3. The molecular weight excluding hydrogens is 450 g/mol. The van der Waals surface area contributed by atoms with Gasteiger partial charge in [-0.25, -0.2) is 4.98 Å². The third-order valence-corrected chi connectivity index (χ3v) is 9.93. The fraction of sp³-hybridized carbons (Fsp3) is 0.645. The van der Waals surface area contributed by atoms with Crippen LogP contribution in [0.3, 0.4) is 0 Å². The number of nitrogens with zero attached hydrogens (tertiary/aromatic N) is 1. The van der Waals surface area contributed by atoms with Crippen molar-refractivity contribution in [3.63, 3.8) is 0 Å². The second-order valence-corrected chi connectivity index (χ2v) is 12.3. The van der Waals surface area contributed by atoms with E-state index in [2.05, 4.69) is 43.6 Å². The molecule has 0 radical (unpaired) electrons. The Hall–Kier alpha value is -1.95. The van der Waals surface area contributed by atoms with E-state index < -0.39 is 18.3 Å². The molecule has 1 aromatic rings. The SMILES string of the molecule is C=C1/C(=C\C=C2/CCC[C@]3(C)[C@@H]([C@@H](C)/C=C/[C@@H](O)C4(c5nc(C)co5)CC4)CC[C@@H]23)C[C@@H](O)C[C@@H]1O. The average molecular weight is 494 g/mol. The Balaban J connectivity index is 1.29. The summed E-state index contributed by atoms with van der Waals surface area (Å²) in [6, 6.07) is 0. The number of fused-ring (bicyclic) bond motifs is 1. The number of aliphatic hydroxyl groups excluding tert-OH is 3. The summed E-state index contributed by atoms with van der Waals surface area (Å²) < 4.78 is 5.65. The Bertz CT molecular complexity index is 1080. The van der Waals surface area contributed by atoms with Crippen LogP contribution >= 0.6 is 0 Å². The summed E-state index contributed by atoms with van der Waals surface area (Å²) in [5.41, 5.74) is 4.01. The third-order valence-electron chi connectivity index (χ3n) is 9.93. The van der Waals surface area contributed by atoms with E-state index in [4.69, 9.17) is 4.42 Å². The molecule has 1 heterocycles. The number of oxazole rings is 1. The van der Waals surface area contributed by atoms with Crippen LogP contribution in [-0.2, 0) is 5.41 Å². The minimum atomic E-state index is -0.642. The molecule has 0 aromatic carbocycles. The van der Waals surface area contributed by atoms with E-state index in [0.717, 1.165) is 36.1 Å². The maximum absolute atomic E-state index is 11.0. The topological polar surface area (TPSA) is 86.7 Å². The van der Waals surface area contributed by atoms with Gasteiger partial charge in [-0.15, -0.1) is 0 Å². The maximum atomic E-state index is 11.0. The number of hydrogen-bond donors (Lipinski definition) is 3. The van der Waals surface area contributed by atoms with Gasteiger partial charge in [-0.05, 0) is 92.6 Å². The predicted octanol–water partition coefficient (Wildman–Crippen LogP) is 5.71. The monoisotopic (exact) mass is 493 g/mol. The molecule has 5 heteroatoms. The first-order chi connectivity index (χ1) is 17.1. The van der Waals surface area contributed by atoms with Crippen molar-refractivity contribution in [2.24, 2.45) is 23.2 Å². The third kappa shape index (κ3) is 4.59. The molecule has 0 spiro atoms. The highest BCUT2D eigenvalue weighted by Crippen LogP contribution is 2.59. The zero-order valence-corrected chi connectivity index (χ0v) is 22.1. The molecule has 0 saturated heterocycles. The summed E-state index contributed by atoms with van der Waals surface area (Å²) in [6.45, 7) is 10.8. The summed E-state index contributed by atoms with van der Waals surface area (Å²) in [5.74, 6) is 2.20. The quantitative estimate of drug-likeness (QED) is 0.442. The van der Waals surface area contributed by atoms with Gasteiger partial charge in [-0.3, -0.25) is 0 Å². The Morgan fingerprint density at radius 3 is 2.64 bits per heavy atom. The molecule has 1 aromatic heterocycles. The molecule has 4 aliphatic rings. The zero-order valence-electron chi connectivity index (χ0n) is 22.1. The standard InChI is InChI=1S/C31H43NO4/c1-19(7-12-28(35)31(14-15-31)29-32-20(2)18-36-29)25-10-11-26-22(6-5-13-30(25,26)4)8-9-23-16-24(33)17-27(34)21(23)3/h7-9,12,18-19,24-28,33-35H,3,5-6,10-11,13-17H2,1-2,4H3/b12-7+,22-8+,23-9-/t19-,24+,25+,26-,27-,28+,30+/m0/s1. The van der Waals surface area contributed by atoms with Crippen LogP contribution in [0.15, 0.2) is 58.3 Å². The van der Waals surface area contributed by atoms with Crippen molar-refractivity contribution in [1.82, 2.24) is 4.98 Å². The lowest BCUT2D eigenvalue weighted by molar-refractivity contribution is 0.0862. The maximum Gasteiger partial charge on any atom is 0.203 e. The summed E-state index contributed by atoms with van der Waals surface area (Å²) in [5, 5.41) is 31.3. The molecule has 4 fully saturated rings. The van der Waals surface area contributed by atoms with Gasteiger partial charge in [0, 0.05) is 6.42 Å². The highest BCUT2D eigenvalue weighted by molar-refractivity contribution is 5.38. The van der Waals surface area contributed by atoms with E-state index in [-0.39, 0.29) is 10.8 Å². The lowest BCUT2D eigenvalue weighted by atomic mass is 9.61. The number of aryl methyl sites for hydroxylation is 1. The summed E-state index contributed by atoms with van der Waals surface area (Å²) >= 11 is 0. The second kappa shape index (κ2) is 9.74. The van der Waals surface area contributed by atoms with Crippen molar-refractivity contribution >= 4 is 0 Å². The van der Waals surface area contributed by atoms with Gasteiger partial charge in [-0.1, -0.05) is 50.3 Å². The minimum Gasteiger partial charge on any atom is -0.448 e. The molecule has 4 saturated carbocycles. The molecule has 5 nitrogen and oxygen atoms in total. The van der Waals surface area contributed by atoms with Crippen LogP contribution in [0.4, 0.5) is 0 Å². The van der Waals surface area contributed by atoms with Crippen molar-refractivity contribution in [1.29, 1.82) is 0 Å². The van der Waals surface area contributed by atoms with Crippen LogP contribution in [0.1, 0.15) is 83.2 Å². The van der Waals surface area contributed by atoms with Gasteiger partial charge in [0.1, 0.15) is 6.26 Å². The van der Waals surface area contributed by atoms with Crippen LogP contribution in [0.2, 0.25) is 0 Å². The Labute approximate surface area is 215 Å². The van der Waals surface area contributed by atoms with Gasteiger partial charge in [0.25, 0.3) is 0 Å². The molecule has 3 N–H and O–H groups in total. The molecule has 36 heavy (non-hydrogen) atoms. The van der Waals surface area contributed by atoms with Crippen LogP contribution in [0.5, 0.6) is 0 Å². The van der Waals surface area contributed by atoms with Gasteiger partial charge in [0.05, 0.1) is 29.4 Å². The van der Waals surface area contributed by atoms with Gasteiger partial charge < -0.3 is 19.7 Å². The Morgan fingerprint density at radius 2 is 1.94 bits per heavy atom. The van der Waals surface area contributed by atoms with Crippen molar-refractivity contribution in [3.8, 4) is 0 Å². The smallest absolute Gasteiger partial charge is 0.203 e. The number of hydrogen-bond acceptors (Lipinski definition) is 5. The lowest BCUT2D eigenvalue weighted by Crippen LogP contribution is -2.35. The average Bonchev–Trinajstić information content (AvgIpc) is 3.41. The normalized spacial score (nSPS) is 38.0. The van der Waals surface area contributed by atoms with Gasteiger partial charge in [-0.2, -0.15) is 0 Å². The number of allylic oxidation sites excluding steroid dienone is 4. The van der Waals surface area contributed by atoms with Crippen LogP contribution in [0.25, 0.3) is 0 Å². The van der Waals surface area contributed by atoms with E-state index in [1.807, 2.05) is 13.0 Å². The van der Waals surface area contributed by atoms with E-state index in [9.17, 15) is 15.3 Å². The summed E-state index contributed by atoms with van der Waals surface area (Å²) in [7, 11) is 0. The fourth-order valence-electron chi connectivity index (χ4n) is 7.56. The predicted molar refractivity (Wildman–Crippen MR) is 141 cm³/mol. The Kier molecular flexibility index (Phi) is 6.95. The first-order valence-corrected chi connectivity index (χ1v) is 13.9. The first kappa shape index (κ1) is 25.7. The minimum absolute atomic E-state index is 0.247. The summed E-state index contributed by atoms with van der Waals surface area (Å²) in [4.78, 5) is 4.50. The van der Waals surface area contributed by atoms with Crippen LogP contribution in [0, 0.1) is 30.1 Å². The van der Waals surface area contributed by atoms with Crippen LogP contribution < -0.4 is 0 Å². The largest absolute Gasteiger partial charge is 0.448 e. The molecule has 0 bridgehead atoms. The van der Waals surface area contributed by atoms with E-state index in [1.54, 1.807) is 6.26 Å². The highest BCUT2D eigenvalue weighted by atomic mass is 16.3. The van der Waals surface area contributed by atoms with Crippen molar-refractivity contribution in [2.75, 3.05) is 0 Å². The van der Waals surface area contributed by atoms with Gasteiger partial charge in [0.15, 0.2) is 0 Å². The fourth-order valence-corrected chi connectivity index (χ4v) is 7.56. The zero-order chi connectivity index (χ0) is 25.7. The summed E-state index contributed by atoms with van der Waals surface area (Å²) in [6.07, 6.45) is 17.3. The highest BCUT2D eigenvalue weighted by Gasteiger charge is 2.54. The molecule has 0 amide bonds. The lowest BCUT2D eigenvalue weighted by Gasteiger charge is -2.44. The van der Waals surface area contributed by atoms with E-state index in [0.29, 0.717) is 36.5 Å². The Morgan fingerprint density at radius 1 is 1.17 bits per heavy atom. The number of rotatable bonds is 6. The van der Waals surface area contributed by atoms with E-state index in [1.165, 1.54) is 31.3 Å². The molecule has 0 unspecified atom stereocenters. The molecule has 5 rings (SSSR count). The number of aliphatic hydroxyl groups is 3. The van der Waals surface area contributed by atoms with Gasteiger partial charge >= 0.3 is 0 Å².